The van der Waals surface area contributed by atoms with Gasteiger partial charge in [0, 0.05) is 45.5 Å². The number of rotatable bonds is 12. The van der Waals surface area contributed by atoms with Crippen LogP contribution in [0.1, 0.15) is 0 Å². The first kappa shape index (κ1) is 38.3. The van der Waals surface area contributed by atoms with Crippen LogP contribution in [0.3, 0.4) is 0 Å². The molecule has 9 aromatic carbocycles. The van der Waals surface area contributed by atoms with Crippen molar-refractivity contribution in [1.82, 2.24) is 0 Å². The van der Waals surface area contributed by atoms with Gasteiger partial charge < -0.3 is 19.6 Å². The van der Waals surface area contributed by atoms with Crippen LogP contribution in [-0.2, 0) is 0 Å². The van der Waals surface area contributed by atoms with Crippen molar-refractivity contribution in [3.05, 3.63) is 253 Å². The van der Waals surface area contributed by atoms with Crippen molar-refractivity contribution in [1.29, 1.82) is 0 Å². The highest BCUT2D eigenvalue weighted by Crippen LogP contribution is 2.50. The molecule has 0 saturated carbocycles. The molecule has 0 amide bonds. The summed E-state index contributed by atoms with van der Waals surface area (Å²) in [7, 11) is 0. The summed E-state index contributed by atoms with van der Waals surface area (Å²) in [5.74, 6) is 0. The fourth-order valence-corrected chi connectivity index (χ4v) is 8.24. The van der Waals surface area contributed by atoms with Crippen LogP contribution in [-0.4, -0.2) is 0 Å². The molecule has 9 aromatic rings. The molecule has 290 valence electrons. The van der Waals surface area contributed by atoms with E-state index in [1.165, 1.54) is 0 Å². The summed E-state index contributed by atoms with van der Waals surface area (Å²) in [6.07, 6.45) is 0. The van der Waals surface area contributed by atoms with Gasteiger partial charge in [0.05, 0.1) is 32.8 Å². The molecule has 4 nitrogen and oxygen atoms in total. The molecule has 0 unspecified atom stereocenters. The molecule has 0 heterocycles. The molecule has 0 aromatic heterocycles. The first-order valence-electron chi connectivity index (χ1n) is 19.8. The van der Waals surface area contributed by atoms with E-state index in [4.69, 9.17) is 23.2 Å². The van der Waals surface area contributed by atoms with Crippen LogP contribution in [0.5, 0.6) is 0 Å². The fraction of sp³-hybridized carbons (Fsp3) is 0. The quantitative estimate of drug-likeness (QED) is 0.122. The zero-order chi connectivity index (χ0) is 40.7. The maximum Gasteiger partial charge on any atom is 0.0887 e. The molecular weight excluding hydrogens is 776 g/mol. The summed E-state index contributed by atoms with van der Waals surface area (Å²) >= 11 is 15.3. The van der Waals surface area contributed by atoms with Crippen molar-refractivity contribution < 1.29 is 0 Å². The van der Waals surface area contributed by atoms with E-state index < -0.39 is 0 Å². The van der Waals surface area contributed by atoms with Gasteiger partial charge in [-0.2, -0.15) is 0 Å². The van der Waals surface area contributed by atoms with E-state index in [0.717, 1.165) is 68.2 Å². The van der Waals surface area contributed by atoms with Crippen molar-refractivity contribution >= 4 is 91.5 Å². The first-order valence-corrected chi connectivity index (χ1v) is 20.6. The van der Waals surface area contributed by atoms with E-state index in [1.54, 1.807) is 0 Å². The average Bonchev–Trinajstić information content (AvgIpc) is 3.31. The van der Waals surface area contributed by atoms with Crippen LogP contribution in [0.4, 0.5) is 68.2 Å². The van der Waals surface area contributed by atoms with Gasteiger partial charge in [-0.05, 0) is 115 Å². The molecule has 9 rings (SSSR count). The molecule has 0 spiro atoms. The summed E-state index contributed by atoms with van der Waals surface area (Å²) in [5.41, 5.74) is 11.2. The van der Waals surface area contributed by atoms with E-state index in [-0.39, 0.29) is 0 Å². The zero-order valence-corrected chi connectivity index (χ0v) is 34.2. The number of hydrogen-bond donors (Lipinski definition) is 0. The molecule has 0 atom stereocenters. The largest absolute Gasteiger partial charge is 0.309 e. The molecule has 60 heavy (non-hydrogen) atoms. The van der Waals surface area contributed by atoms with Gasteiger partial charge >= 0.3 is 0 Å². The Bertz CT molecular complexity index is 2520. The monoisotopic (exact) mass is 814 g/mol. The number of benzene rings is 9. The molecule has 0 aliphatic rings. The standard InChI is InChI=1S/C54H40Cl2N4/c55-53-49(57(41-22-7-1-8-23-41)42-24-9-2-10-25-42)36-20-38-51(53)59(45-30-15-5-16-31-45)47-34-19-35-48(40-47)60(46-32-17-6-18-33-46)52-39-21-37-50(54(52)56)58(43-26-11-3-12-27-43)44-28-13-4-14-29-44/h1-40H. The number of nitrogens with zero attached hydrogens (tertiary/aromatic N) is 4. The topological polar surface area (TPSA) is 13.0 Å². The Kier molecular flexibility index (Phi) is 11.3. The molecule has 0 aliphatic heterocycles. The number of hydrogen-bond acceptors (Lipinski definition) is 4. The third-order valence-corrected chi connectivity index (χ3v) is 11.1. The Labute approximate surface area is 362 Å². The number of halogens is 2. The Morgan fingerprint density at radius 3 is 0.617 bits per heavy atom. The average molecular weight is 816 g/mol. The van der Waals surface area contributed by atoms with Gasteiger partial charge in [-0.15, -0.1) is 0 Å². The van der Waals surface area contributed by atoms with Gasteiger partial charge in [-0.1, -0.05) is 151 Å². The van der Waals surface area contributed by atoms with Gasteiger partial charge in [0.15, 0.2) is 0 Å². The van der Waals surface area contributed by atoms with Crippen LogP contribution >= 0.6 is 23.2 Å². The van der Waals surface area contributed by atoms with Crippen LogP contribution in [0, 0.1) is 0 Å². The van der Waals surface area contributed by atoms with E-state index in [0.29, 0.717) is 10.0 Å². The summed E-state index contributed by atoms with van der Waals surface area (Å²) in [6.45, 7) is 0. The maximum absolute atomic E-state index is 7.65. The van der Waals surface area contributed by atoms with Gasteiger partial charge in [0.2, 0.25) is 0 Å². The predicted molar refractivity (Wildman–Crippen MR) is 255 cm³/mol. The lowest BCUT2D eigenvalue weighted by atomic mass is 10.1. The summed E-state index contributed by atoms with van der Waals surface area (Å²) < 4.78 is 0. The highest BCUT2D eigenvalue weighted by molar-refractivity contribution is 6.37. The van der Waals surface area contributed by atoms with Crippen LogP contribution in [0.2, 0.25) is 10.0 Å². The van der Waals surface area contributed by atoms with Crippen LogP contribution < -0.4 is 19.6 Å². The Balaban J connectivity index is 1.20. The van der Waals surface area contributed by atoms with E-state index in [2.05, 4.69) is 177 Å². The minimum Gasteiger partial charge on any atom is -0.309 e. The zero-order valence-electron chi connectivity index (χ0n) is 32.6. The van der Waals surface area contributed by atoms with Crippen molar-refractivity contribution in [2.24, 2.45) is 0 Å². The lowest BCUT2D eigenvalue weighted by Gasteiger charge is -2.33. The van der Waals surface area contributed by atoms with Crippen molar-refractivity contribution in [3.63, 3.8) is 0 Å². The van der Waals surface area contributed by atoms with E-state index in [9.17, 15) is 0 Å². The molecule has 0 N–H and O–H groups in total. The van der Waals surface area contributed by atoms with Gasteiger partial charge in [0.1, 0.15) is 0 Å². The minimum absolute atomic E-state index is 0.608. The third-order valence-electron chi connectivity index (χ3n) is 10.3. The van der Waals surface area contributed by atoms with Gasteiger partial charge in [0.25, 0.3) is 0 Å². The highest BCUT2D eigenvalue weighted by Gasteiger charge is 2.25. The summed E-state index contributed by atoms with van der Waals surface area (Å²) in [4.78, 5) is 8.84. The van der Waals surface area contributed by atoms with Crippen molar-refractivity contribution in [2.75, 3.05) is 19.6 Å². The second-order valence-electron chi connectivity index (χ2n) is 14.1. The smallest absolute Gasteiger partial charge is 0.0887 e. The number of anilines is 12. The first-order chi connectivity index (χ1) is 29.7. The Hall–Kier alpha value is -7.24. The molecule has 0 aliphatic carbocycles. The second kappa shape index (κ2) is 17.7. The van der Waals surface area contributed by atoms with E-state index in [1.807, 2.05) is 84.9 Å². The van der Waals surface area contributed by atoms with Crippen molar-refractivity contribution in [2.45, 2.75) is 0 Å². The van der Waals surface area contributed by atoms with Crippen LogP contribution in [0.25, 0.3) is 0 Å². The molecule has 0 radical (unpaired) electrons. The fourth-order valence-electron chi connectivity index (χ4n) is 7.65. The molecular formula is C54H40Cl2N4. The van der Waals surface area contributed by atoms with Crippen LogP contribution in [0.15, 0.2) is 243 Å². The lowest BCUT2D eigenvalue weighted by Crippen LogP contribution is -2.16. The molecule has 6 heteroatoms. The highest BCUT2D eigenvalue weighted by atomic mass is 35.5. The Morgan fingerprint density at radius 2 is 0.383 bits per heavy atom. The summed E-state index contributed by atoms with van der Waals surface area (Å²) in [5, 5.41) is 1.22. The predicted octanol–water partition coefficient (Wildman–Crippen LogP) is 16.9. The number of para-hydroxylation sites is 6. The van der Waals surface area contributed by atoms with Gasteiger partial charge in [-0.25, -0.2) is 0 Å². The SMILES string of the molecule is Clc1c(N(c2ccccc2)c2ccccc2)cccc1N(c1ccccc1)c1cccc(N(c2ccccc2)c2cccc(N(c3ccccc3)c3ccccc3)c2Cl)c1. The lowest BCUT2D eigenvalue weighted by molar-refractivity contribution is 1.23. The second-order valence-corrected chi connectivity index (χ2v) is 14.9. The Morgan fingerprint density at radius 1 is 0.200 bits per heavy atom. The molecule has 0 fully saturated rings. The third kappa shape index (κ3) is 7.82. The molecule has 0 saturated heterocycles. The van der Waals surface area contributed by atoms with E-state index >= 15 is 0 Å². The minimum atomic E-state index is 0.608. The van der Waals surface area contributed by atoms with Crippen molar-refractivity contribution in [3.8, 4) is 0 Å². The maximum atomic E-state index is 7.65. The normalized spacial score (nSPS) is 10.8. The molecule has 0 bridgehead atoms. The summed E-state index contributed by atoms with van der Waals surface area (Å²) in [6, 6.07) is 83.0. The van der Waals surface area contributed by atoms with Gasteiger partial charge in [-0.3, -0.25) is 0 Å².